The highest BCUT2D eigenvalue weighted by Crippen LogP contribution is 2.15. The summed E-state index contributed by atoms with van der Waals surface area (Å²) in [7, 11) is 0. The zero-order valence-corrected chi connectivity index (χ0v) is 30.8. The van der Waals surface area contributed by atoms with E-state index in [-0.39, 0.29) is 18.5 Å². The molecule has 0 aliphatic carbocycles. The third-order valence-electron chi connectivity index (χ3n) is 8.45. The first-order chi connectivity index (χ1) is 23.1. The standard InChI is InChI=1S/C43H74O4/c1-3-5-7-9-11-13-14-15-16-17-18-19-20-21-22-24-26-32-36-40-43(46)47-41(37-33-29-25-23-12-10-8-6-4-2)38-34-30-27-28-31-35-39-42(44)45/h11,13,15-16,18-19,23,25,33,37,41H,3-10,12,14,17,20-22,24,26-32,34-36,38-40H2,1-2H3,(H,44,45)/b13-11-,16-15-,19-18-,25-23-,37-33-. The molecule has 4 nitrogen and oxygen atoms in total. The highest BCUT2D eigenvalue weighted by atomic mass is 16.5. The first-order valence-corrected chi connectivity index (χ1v) is 19.8. The van der Waals surface area contributed by atoms with Gasteiger partial charge in [-0.05, 0) is 89.5 Å². The molecule has 1 atom stereocenters. The molecule has 270 valence electrons. The van der Waals surface area contributed by atoms with Crippen LogP contribution in [0.15, 0.2) is 60.8 Å². The van der Waals surface area contributed by atoms with Crippen molar-refractivity contribution in [2.24, 2.45) is 0 Å². The Hall–Kier alpha value is -2.36. The SMILES string of the molecule is CCCCC/C=C\C/C=C\C/C=C\CCCCCCCCC(=O)OC(/C=C\C/C=C\CCCCCC)CCCCCCCCC(=O)O. The molecule has 0 saturated heterocycles. The van der Waals surface area contributed by atoms with Crippen LogP contribution < -0.4 is 0 Å². The Kier molecular flexibility index (Phi) is 36.2. The van der Waals surface area contributed by atoms with Gasteiger partial charge in [0.1, 0.15) is 6.10 Å². The third-order valence-corrected chi connectivity index (χ3v) is 8.45. The van der Waals surface area contributed by atoms with Crippen LogP contribution in [0.4, 0.5) is 0 Å². The summed E-state index contributed by atoms with van der Waals surface area (Å²) >= 11 is 0. The third kappa shape index (κ3) is 38.0. The minimum atomic E-state index is -0.706. The van der Waals surface area contributed by atoms with Crippen molar-refractivity contribution in [2.45, 2.75) is 200 Å². The van der Waals surface area contributed by atoms with Crippen LogP contribution in [0.5, 0.6) is 0 Å². The number of carbonyl (C=O) groups is 2. The van der Waals surface area contributed by atoms with Crippen molar-refractivity contribution in [2.75, 3.05) is 0 Å². The van der Waals surface area contributed by atoms with Gasteiger partial charge in [-0.3, -0.25) is 9.59 Å². The van der Waals surface area contributed by atoms with E-state index < -0.39 is 5.97 Å². The number of rotatable bonds is 35. The molecule has 47 heavy (non-hydrogen) atoms. The van der Waals surface area contributed by atoms with E-state index in [0.717, 1.165) is 89.9 Å². The van der Waals surface area contributed by atoms with Crippen LogP contribution in [0, 0.1) is 0 Å². The predicted molar refractivity (Wildman–Crippen MR) is 204 cm³/mol. The van der Waals surface area contributed by atoms with Gasteiger partial charge in [0, 0.05) is 12.8 Å². The molecule has 0 aromatic rings. The van der Waals surface area contributed by atoms with Gasteiger partial charge in [-0.2, -0.15) is 0 Å². The largest absolute Gasteiger partial charge is 0.481 e. The first kappa shape index (κ1) is 44.6. The van der Waals surface area contributed by atoms with Crippen LogP contribution in [0.25, 0.3) is 0 Å². The zero-order valence-electron chi connectivity index (χ0n) is 30.8. The average molecular weight is 655 g/mol. The van der Waals surface area contributed by atoms with Gasteiger partial charge in [-0.1, -0.05) is 152 Å². The zero-order chi connectivity index (χ0) is 34.3. The molecule has 0 spiro atoms. The monoisotopic (exact) mass is 655 g/mol. The number of carboxylic acids is 1. The molecular formula is C43H74O4. The van der Waals surface area contributed by atoms with Crippen molar-refractivity contribution in [3.05, 3.63) is 60.8 Å². The summed E-state index contributed by atoms with van der Waals surface area (Å²) in [5.41, 5.74) is 0. The molecule has 1 unspecified atom stereocenters. The van der Waals surface area contributed by atoms with Crippen LogP contribution in [0.2, 0.25) is 0 Å². The van der Waals surface area contributed by atoms with Gasteiger partial charge in [0.2, 0.25) is 0 Å². The Morgan fingerprint density at radius 1 is 0.489 bits per heavy atom. The molecule has 0 radical (unpaired) electrons. The minimum Gasteiger partial charge on any atom is -0.481 e. The van der Waals surface area contributed by atoms with Crippen LogP contribution in [-0.2, 0) is 14.3 Å². The second kappa shape index (κ2) is 38.1. The second-order valence-electron chi connectivity index (χ2n) is 13.1. The molecule has 0 aromatic carbocycles. The van der Waals surface area contributed by atoms with Gasteiger partial charge in [0.25, 0.3) is 0 Å². The Balaban J connectivity index is 4.10. The minimum absolute atomic E-state index is 0.0676. The summed E-state index contributed by atoms with van der Waals surface area (Å²) in [6.45, 7) is 4.49. The number of hydrogen-bond acceptors (Lipinski definition) is 3. The molecule has 0 aromatic heterocycles. The molecule has 0 aliphatic heterocycles. The lowest BCUT2D eigenvalue weighted by molar-refractivity contribution is -0.147. The Labute approximate surface area is 291 Å². The number of aliphatic carboxylic acids is 1. The summed E-state index contributed by atoms with van der Waals surface area (Å²) in [4.78, 5) is 23.3. The van der Waals surface area contributed by atoms with Crippen molar-refractivity contribution in [3.63, 3.8) is 0 Å². The molecule has 1 N–H and O–H groups in total. The van der Waals surface area contributed by atoms with Gasteiger partial charge in [-0.15, -0.1) is 0 Å². The average Bonchev–Trinajstić information content (AvgIpc) is 3.05. The first-order valence-electron chi connectivity index (χ1n) is 19.8. The molecule has 0 saturated carbocycles. The molecule has 0 fully saturated rings. The quantitative estimate of drug-likeness (QED) is 0.0419. The number of hydrogen-bond donors (Lipinski definition) is 1. The molecule has 0 amide bonds. The maximum atomic E-state index is 12.6. The number of esters is 1. The van der Waals surface area contributed by atoms with E-state index >= 15 is 0 Å². The van der Waals surface area contributed by atoms with E-state index in [0.29, 0.717) is 6.42 Å². The summed E-state index contributed by atoms with van der Waals surface area (Å²) < 4.78 is 5.90. The fourth-order valence-corrected chi connectivity index (χ4v) is 5.49. The maximum Gasteiger partial charge on any atom is 0.306 e. The van der Waals surface area contributed by atoms with Crippen molar-refractivity contribution in [3.8, 4) is 0 Å². The van der Waals surface area contributed by atoms with Crippen molar-refractivity contribution in [1.82, 2.24) is 0 Å². The Morgan fingerprint density at radius 2 is 0.894 bits per heavy atom. The van der Waals surface area contributed by atoms with Crippen LogP contribution in [-0.4, -0.2) is 23.1 Å². The molecule has 0 aliphatic rings. The normalized spacial score (nSPS) is 12.9. The van der Waals surface area contributed by atoms with Gasteiger partial charge < -0.3 is 9.84 Å². The van der Waals surface area contributed by atoms with E-state index in [4.69, 9.17) is 9.84 Å². The lowest BCUT2D eigenvalue weighted by atomic mass is 10.1. The predicted octanol–water partition coefficient (Wildman–Crippen LogP) is 13.7. The topological polar surface area (TPSA) is 63.6 Å². The van der Waals surface area contributed by atoms with E-state index in [2.05, 4.69) is 74.6 Å². The van der Waals surface area contributed by atoms with Gasteiger partial charge in [0.15, 0.2) is 0 Å². The van der Waals surface area contributed by atoms with Gasteiger partial charge in [0.05, 0.1) is 0 Å². The van der Waals surface area contributed by atoms with Crippen LogP contribution in [0.3, 0.4) is 0 Å². The van der Waals surface area contributed by atoms with E-state index in [9.17, 15) is 9.59 Å². The molecule has 0 rings (SSSR count). The summed E-state index contributed by atoms with van der Waals surface area (Å²) in [6, 6.07) is 0. The highest BCUT2D eigenvalue weighted by Gasteiger charge is 2.11. The second-order valence-corrected chi connectivity index (χ2v) is 13.1. The van der Waals surface area contributed by atoms with E-state index in [1.54, 1.807) is 0 Å². The van der Waals surface area contributed by atoms with Crippen LogP contribution >= 0.6 is 0 Å². The molecular weight excluding hydrogens is 580 g/mol. The van der Waals surface area contributed by atoms with Gasteiger partial charge >= 0.3 is 11.9 Å². The van der Waals surface area contributed by atoms with Crippen molar-refractivity contribution < 1.29 is 19.4 Å². The summed E-state index contributed by atoms with van der Waals surface area (Å²) in [5.74, 6) is -0.774. The molecule has 0 heterocycles. The van der Waals surface area contributed by atoms with E-state index in [1.165, 1.54) is 77.0 Å². The van der Waals surface area contributed by atoms with Gasteiger partial charge in [-0.25, -0.2) is 0 Å². The summed E-state index contributed by atoms with van der Waals surface area (Å²) in [6.07, 6.45) is 52.5. The number of allylic oxidation sites excluding steroid dienone is 9. The summed E-state index contributed by atoms with van der Waals surface area (Å²) in [5, 5.41) is 8.77. The van der Waals surface area contributed by atoms with Crippen molar-refractivity contribution in [1.29, 1.82) is 0 Å². The lowest BCUT2D eigenvalue weighted by Crippen LogP contribution is -2.16. The number of unbranched alkanes of at least 4 members (excludes halogenated alkanes) is 18. The number of ether oxygens (including phenoxy) is 1. The lowest BCUT2D eigenvalue weighted by Gasteiger charge is -2.14. The fraction of sp³-hybridized carbons (Fsp3) is 0.721. The van der Waals surface area contributed by atoms with E-state index in [1.807, 2.05) is 0 Å². The maximum absolute atomic E-state index is 12.6. The molecule has 0 bridgehead atoms. The molecule has 4 heteroatoms. The number of carboxylic acid groups (broad SMARTS) is 1. The Morgan fingerprint density at radius 3 is 1.45 bits per heavy atom. The van der Waals surface area contributed by atoms with Crippen LogP contribution in [0.1, 0.15) is 194 Å². The smallest absolute Gasteiger partial charge is 0.306 e. The Bertz CT molecular complexity index is 835. The fourth-order valence-electron chi connectivity index (χ4n) is 5.49. The highest BCUT2D eigenvalue weighted by molar-refractivity contribution is 5.69. The van der Waals surface area contributed by atoms with Crippen molar-refractivity contribution >= 4 is 11.9 Å². The number of carbonyl (C=O) groups excluding carboxylic acids is 1.